The van der Waals surface area contributed by atoms with E-state index in [4.69, 9.17) is 5.26 Å². The third-order valence-corrected chi connectivity index (χ3v) is 7.90. The fourth-order valence-electron chi connectivity index (χ4n) is 3.35. The van der Waals surface area contributed by atoms with Gasteiger partial charge in [-0.15, -0.1) is 0 Å². The molecule has 1 N–H and O–H groups in total. The van der Waals surface area contributed by atoms with Crippen LogP contribution in [0.5, 0.6) is 0 Å². The Morgan fingerprint density at radius 1 is 1.08 bits per heavy atom. The smallest absolute Gasteiger partial charge is 0.0526 e. The fraction of sp³-hybridized carbons (Fsp3) is 0.292. The predicted octanol–water partition coefficient (Wildman–Crippen LogP) is 4.84. The minimum absolute atomic E-state index is 0.0320. The average Bonchev–Trinajstić information content (AvgIpc) is 3.28. The SMILES string of the molecule is Cc1ccc(-c2cc(C(F)(F)F)nn2-c2ccc(S(=O)(=O)NC(=O)CCCCC[Se]C#N)cc2)cc1. The van der Waals surface area contributed by atoms with Gasteiger partial charge in [-0.3, -0.25) is 0 Å². The molecular weight excluding hydrogens is 560 g/mol. The van der Waals surface area contributed by atoms with E-state index in [-0.39, 0.29) is 37.7 Å². The number of nitrogens with zero attached hydrogens (tertiary/aromatic N) is 3. The molecule has 3 rings (SSSR count). The summed E-state index contributed by atoms with van der Waals surface area (Å²) < 4.78 is 68.4. The van der Waals surface area contributed by atoms with Crippen LogP contribution >= 0.6 is 0 Å². The summed E-state index contributed by atoms with van der Waals surface area (Å²) in [7, 11) is -4.14. The van der Waals surface area contributed by atoms with Gasteiger partial charge < -0.3 is 0 Å². The van der Waals surface area contributed by atoms with Crippen LogP contribution in [0.2, 0.25) is 5.32 Å². The number of hydrogen-bond acceptors (Lipinski definition) is 5. The number of benzene rings is 2. The van der Waals surface area contributed by atoms with Crippen LogP contribution < -0.4 is 4.72 Å². The summed E-state index contributed by atoms with van der Waals surface area (Å²) in [5, 5.41) is 13.0. The number of carbonyl (C=O) groups excluding carboxylic acids is 1. The number of rotatable bonds is 10. The molecule has 0 saturated heterocycles. The Morgan fingerprint density at radius 3 is 2.36 bits per heavy atom. The maximum absolute atomic E-state index is 13.4. The zero-order valence-electron chi connectivity index (χ0n) is 19.2. The Hall–Kier alpha value is -3.13. The largest absolute Gasteiger partial charge is 0.0587 e. The number of nitriles is 1. The summed E-state index contributed by atoms with van der Waals surface area (Å²) in [6, 6.07) is 12.9. The van der Waals surface area contributed by atoms with Gasteiger partial charge >= 0.3 is 131 Å². The van der Waals surface area contributed by atoms with Crippen molar-refractivity contribution in [3.05, 3.63) is 65.9 Å². The molecule has 1 aromatic heterocycles. The van der Waals surface area contributed by atoms with Gasteiger partial charge in [-0.05, 0) is 13.0 Å². The van der Waals surface area contributed by atoms with Gasteiger partial charge in [0.15, 0.2) is 5.69 Å². The first-order chi connectivity index (χ1) is 17.0. The number of halogens is 3. The van der Waals surface area contributed by atoms with Crippen molar-refractivity contribution >= 4 is 30.9 Å². The van der Waals surface area contributed by atoms with Crippen LogP contribution in [0.1, 0.15) is 36.9 Å². The first-order valence-electron chi connectivity index (χ1n) is 10.9. The van der Waals surface area contributed by atoms with Crippen LogP contribution in [0.25, 0.3) is 16.9 Å². The van der Waals surface area contributed by atoms with Crippen molar-refractivity contribution in [1.29, 1.82) is 5.26 Å². The molecule has 190 valence electrons. The van der Waals surface area contributed by atoms with E-state index in [0.717, 1.165) is 34.5 Å². The van der Waals surface area contributed by atoms with Crippen molar-refractivity contribution in [3.8, 4) is 21.9 Å². The van der Waals surface area contributed by atoms with Gasteiger partial charge in [0.1, 0.15) is 0 Å². The van der Waals surface area contributed by atoms with Crippen molar-refractivity contribution in [1.82, 2.24) is 14.5 Å². The minimum Gasteiger partial charge on any atom is -0.0587 e. The molecule has 0 bridgehead atoms. The molecule has 3 aromatic rings. The third-order valence-electron chi connectivity index (χ3n) is 5.20. The third kappa shape index (κ3) is 7.20. The number of unbranched alkanes of at least 4 members (excludes halogenated alkanes) is 2. The van der Waals surface area contributed by atoms with Crippen LogP contribution in [0.15, 0.2) is 59.5 Å². The zero-order chi connectivity index (χ0) is 26.3. The summed E-state index contributed by atoms with van der Waals surface area (Å²) in [4.78, 5) is 14.0. The monoisotopic (exact) mass is 584 g/mol. The van der Waals surface area contributed by atoms with Gasteiger partial charge in [-0.2, -0.15) is 18.3 Å². The molecule has 0 spiro atoms. The Labute approximate surface area is 213 Å². The quantitative estimate of drug-likeness (QED) is 0.272. The van der Waals surface area contributed by atoms with Crippen LogP contribution in [0, 0.1) is 17.2 Å². The molecule has 0 atom stereocenters. The van der Waals surface area contributed by atoms with Gasteiger partial charge in [0.2, 0.25) is 0 Å². The van der Waals surface area contributed by atoms with Gasteiger partial charge in [0.05, 0.1) is 5.69 Å². The topological polar surface area (TPSA) is 105 Å². The van der Waals surface area contributed by atoms with Crippen molar-refractivity contribution in [2.45, 2.75) is 49.0 Å². The molecule has 0 radical (unpaired) electrons. The van der Waals surface area contributed by atoms with Gasteiger partial charge in [-0.25, -0.2) is 4.68 Å². The van der Waals surface area contributed by atoms with Crippen molar-refractivity contribution < 1.29 is 26.4 Å². The molecule has 12 heteroatoms. The maximum Gasteiger partial charge on any atom is -0.0526 e. The van der Waals surface area contributed by atoms with Gasteiger partial charge in [0.25, 0.3) is 0 Å². The van der Waals surface area contributed by atoms with Gasteiger partial charge in [-0.1, -0.05) is 29.8 Å². The summed E-state index contributed by atoms with van der Waals surface area (Å²) >= 11 is -0.0663. The van der Waals surface area contributed by atoms with Crippen molar-refractivity contribution in [2.24, 2.45) is 0 Å². The second-order valence-corrected chi connectivity index (χ2v) is 11.5. The molecular formula is C24H23F3N4O3SSe. The second kappa shape index (κ2) is 11.7. The molecule has 7 nitrogen and oxygen atoms in total. The summed E-state index contributed by atoms with van der Waals surface area (Å²) in [6.45, 7) is 1.86. The van der Waals surface area contributed by atoms with E-state index >= 15 is 0 Å². The molecule has 2 aromatic carbocycles. The Kier molecular flexibility index (Phi) is 8.95. The van der Waals surface area contributed by atoms with E-state index in [1.54, 1.807) is 24.3 Å². The van der Waals surface area contributed by atoms with Crippen LogP contribution in [-0.4, -0.2) is 39.1 Å². The van der Waals surface area contributed by atoms with Crippen molar-refractivity contribution in [2.75, 3.05) is 0 Å². The molecule has 0 saturated carbocycles. The zero-order valence-corrected chi connectivity index (χ0v) is 21.8. The maximum atomic E-state index is 13.4. The standard InChI is InChI=1S/C24H23F3N4O3SSe/c1-17-6-8-18(9-7-17)21-15-22(24(25,26)27)29-31(21)19-10-12-20(13-11-19)35(33,34)30-23(32)5-3-2-4-14-36-16-28/h6-13,15H,2-5,14H2,1H3,(H,30,32). The number of alkyl halides is 3. The van der Waals surface area contributed by atoms with E-state index in [9.17, 15) is 26.4 Å². The summed E-state index contributed by atoms with van der Waals surface area (Å²) in [5.74, 6) is -0.645. The van der Waals surface area contributed by atoms with Crippen LogP contribution in [0.4, 0.5) is 13.2 Å². The minimum atomic E-state index is -4.66. The molecule has 1 heterocycles. The number of aromatic nitrogens is 2. The molecule has 36 heavy (non-hydrogen) atoms. The molecule has 0 fully saturated rings. The number of carbonyl (C=O) groups is 1. The number of hydrogen-bond donors (Lipinski definition) is 1. The van der Waals surface area contributed by atoms with E-state index < -0.39 is 27.8 Å². The van der Waals surface area contributed by atoms with E-state index in [1.165, 1.54) is 24.3 Å². The Bertz CT molecular complexity index is 1350. The van der Waals surface area contributed by atoms with E-state index in [1.807, 2.05) is 11.6 Å². The number of aryl methyl sites for hydroxylation is 1. The molecule has 0 aliphatic carbocycles. The Balaban J connectivity index is 1.78. The average molecular weight is 583 g/mol. The summed E-state index contributed by atoms with van der Waals surface area (Å²) in [6.07, 6.45) is -2.59. The number of amides is 1. The van der Waals surface area contributed by atoms with Crippen molar-refractivity contribution in [3.63, 3.8) is 0 Å². The number of nitrogens with one attached hydrogen (secondary N) is 1. The first kappa shape index (κ1) is 27.5. The normalized spacial score (nSPS) is 11.8. The van der Waals surface area contributed by atoms with Crippen LogP contribution in [-0.2, 0) is 21.0 Å². The molecule has 0 unspecified atom stereocenters. The number of sulfonamides is 1. The van der Waals surface area contributed by atoms with E-state index in [2.05, 4.69) is 10.1 Å². The molecule has 1 amide bonds. The van der Waals surface area contributed by atoms with E-state index in [0.29, 0.717) is 12.0 Å². The fourth-order valence-corrected chi connectivity index (χ4v) is 5.29. The predicted molar refractivity (Wildman–Crippen MR) is 129 cm³/mol. The molecule has 0 aliphatic heterocycles. The first-order valence-corrected chi connectivity index (χ1v) is 14.5. The Morgan fingerprint density at radius 2 is 1.75 bits per heavy atom. The van der Waals surface area contributed by atoms with Gasteiger partial charge in [0, 0.05) is 5.56 Å². The summed E-state index contributed by atoms with van der Waals surface area (Å²) in [5.41, 5.74) is 0.807. The van der Waals surface area contributed by atoms with Crippen LogP contribution in [0.3, 0.4) is 0 Å². The second-order valence-electron chi connectivity index (χ2n) is 7.96. The molecule has 0 aliphatic rings.